The Morgan fingerprint density at radius 3 is 2.75 bits per heavy atom. The molecule has 0 aromatic heterocycles. The van der Waals surface area contributed by atoms with Crippen molar-refractivity contribution in [3.05, 3.63) is 33.9 Å². The second kappa shape index (κ2) is 9.64. The highest BCUT2D eigenvalue weighted by Gasteiger charge is 2.31. The van der Waals surface area contributed by atoms with E-state index in [1.807, 2.05) is 19.9 Å². The monoisotopic (exact) mass is 407 g/mol. The van der Waals surface area contributed by atoms with Crippen molar-refractivity contribution in [3.8, 4) is 11.5 Å². The zero-order valence-electron chi connectivity index (χ0n) is 16.2. The summed E-state index contributed by atoms with van der Waals surface area (Å²) >= 11 is 4.00. The first-order valence-corrected chi connectivity index (χ1v) is 9.56. The van der Waals surface area contributed by atoms with Gasteiger partial charge in [-0.15, -0.1) is 0 Å². The van der Waals surface area contributed by atoms with E-state index in [1.165, 1.54) is 7.11 Å². The maximum atomic E-state index is 11.9. The van der Waals surface area contributed by atoms with Crippen LogP contribution in [0.2, 0.25) is 0 Å². The summed E-state index contributed by atoms with van der Waals surface area (Å²) in [7, 11) is 1.51. The topological polar surface area (TPSA) is 102 Å². The minimum Gasteiger partial charge on any atom is -0.507 e. The van der Waals surface area contributed by atoms with Crippen molar-refractivity contribution in [2.45, 2.75) is 45.8 Å². The van der Waals surface area contributed by atoms with Gasteiger partial charge in [0, 0.05) is 23.3 Å². The average Bonchev–Trinajstić information content (AvgIpc) is 3.08. The Labute approximate surface area is 169 Å². The number of hydrogen-bond donors (Lipinski definition) is 3. The minimum atomic E-state index is -0.588. The molecule has 2 rings (SSSR count). The van der Waals surface area contributed by atoms with Crippen molar-refractivity contribution < 1.29 is 29.0 Å². The van der Waals surface area contributed by atoms with Crippen molar-refractivity contribution in [2.75, 3.05) is 12.9 Å². The molecule has 0 fully saturated rings. The molecule has 1 aliphatic rings. The van der Waals surface area contributed by atoms with Crippen LogP contribution in [-0.4, -0.2) is 42.2 Å². The highest BCUT2D eigenvalue weighted by molar-refractivity contribution is 7.80. The molecule has 1 aliphatic heterocycles. The standard InChI is InChI=1S/C20H25NO6S/c1-11(5-7-16(23)21-13(8-22)10-28)4-6-14-18(24)17-15(9-27-20(17)25)12(2)19(14)26-3/h4,8,13,24,28H,5-7,9-10H2,1-3H3,(H,21,23)/b11-4+. The van der Waals surface area contributed by atoms with E-state index >= 15 is 0 Å². The van der Waals surface area contributed by atoms with E-state index in [-0.39, 0.29) is 36.0 Å². The van der Waals surface area contributed by atoms with Gasteiger partial charge in [-0.25, -0.2) is 4.79 Å². The fourth-order valence-electron chi connectivity index (χ4n) is 3.12. The van der Waals surface area contributed by atoms with Gasteiger partial charge in [0.1, 0.15) is 30.0 Å². The van der Waals surface area contributed by atoms with Crippen LogP contribution in [0, 0.1) is 6.92 Å². The number of aromatic hydroxyl groups is 1. The predicted octanol–water partition coefficient (Wildman–Crippen LogP) is 2.26. The summed E-state index contributed by atoms with van der Waals surface area (Å²) in [6.45, 7) is 3.83. The lowest BCUT2D eigenvalue weighted by Crippen LogP contribution is -2.37. The van der Waals surface area contributed by atoms with Gasteiger partial charge in [-0.2, -0.15) is 12.6 Å². The summed E-state index contributed by atoms with van der Waals surface area (Å²) < 4.78 is 10.5. The summed E-state index contributed by atoms with van der Waals surface area (Å²) in [5, 5.41) is 13.2. The molecule has 0 saturated carbocycles. The Kier molecular flexibility index (Phi) is 7.51. The number of allylic oxidation sites excluding steroid dienone is 2. The molecule has 28 heavy (non-hydrogen) atoms. The van der Waals surface area contributed by atoms with Crippen molar-refractivity contribution in [1.82, 2.24) is 5.32 Å². The van der Waals surface area contributed by atoms with Crippen molar-refractivity contribution >= 4 is 30.8 Å². The summed E-state index contributed by atoms with van der Waals surface area (Å²) in [6.07, 6.45) is 3.62. The van der Waals surface area contributed by atoms with E-state index in [9.17, 15) is 19.5 Å². The molecule has 0 spiro atoms. The lowest BCUT2D eigenvalue weighted by molar-refractivity contribution is -0.123. The fraction of sp³-hybridized carbons (Fsp3) is 0.450. The lowest BCUT2D eigenvalue weighted by Gasteiger charge is -2.15. The molecular weight excluding hydrogens is 382 g/mol. The molecule has 0 bridgehead atoms. The molecule has 152 valence electrons. The number of thiol groups is 1. The number of cyclic esters (lactones) is 1. The number of benzene rings is 1. The number of phenolic OH excluding ortho intramolecular Hbond substituents is 1. The molecule has 0 radical (unpaired) electrons. The van der Waals surface area contributed by atoms with E-state index in [2.05, 4.69) is 17.9 Å². The molecule has 1 aromatic rings. The molecule has 1 unspecified atom stereocenters. The molecule has 2 N–H and O–H groups in total. The lowest BCUT2D eigenvalue weighted by atomic mass is 9.94. The smallest absolute Gasteiger partial charge is 0.342 e. The van der Waals surface area contributed by atoms with Crippen LogP contribution in [0.1, 0.15) is 46.8 Å². The summed E-state index contributed by atoms with van der Waals surface area (Å²) in [5.74, 6) is -0.104. The van der Waals surface area contributed by atoms with Gasteiger partial charge < -0.3 is 24.7 Å². The van der Waals surface area contributed by atoms with Crippen molar-refractivity contribution in [2.24, 2.45) is 0 Å². The summed E-state index contributed by atoms with van der Waals surface area (Å²) in [6, 6.07) is -0.588. The van der Waals surface area contributed by atoms with E-state index in [0.717, 1.165) is 11.1 Å². The third-order valence-corrected chi connectivity index (χ3v) is 5.15. The average molecular weight is 407 g/mol. The Morgan fingerprint density at radius 1 is 1.43 bits per heavy atom. The van der Waals surface area contributed by atoms with Gasteiger partial charge in [0.05, 0.1) is 13.2 Å². The second-order valence-electron chi connectivity index (χ2n) is 6.66. The summed E-state index contributed by atoms with van der Waals surface area (Å²) in [4.78, 5) is 34.6. The van der Waals surface area contributed by atoms with Crippen LogP contribution in [0.3, 0.4) is 0 Å². The van der Waals surface area contributed by atoms with Crippen LogP contribution in [0.5, 0.6) is 11.5 Å². The molecule has 7 nitrogen and oxygen atoms in total. The Balaban J connectivity index is 2.12. The number of nitrogens with one attached hydrogen (secondary N) is 1. The predicted molar refractivity (Wildman–Crippen MR) is 107 cm³/mol. The molecule has 1 heterocycles. The van der Waals surface area contributed by atoms with Crippen LogP contribution in [0.4, 0.5) is 0 Å². The Bertz CT molecular complexity index is 818. The number of carbonyl (C=O) groups excluding carboxylic acids is 3. The minimum absolute atomic E-state index is 0.121. The molecule has 0 aliphatic carbocycles. The third-order valence-electron chi connectivity index (χ3n) is 4.76. The first-order valence-electron chi connectivity index (χ1n) is 8.93. The van der Waals surface area contributed by atoms with Crippen LogP contribution >= 0.6 is 12.6 Å². The highest BCUT2D eigenvalue weighted by Crippen LogP contribution is 2.42. The van der Waals surface area contributed by atoms with E-state index in [0.29, 0.717) is 36.0 Å². The van der Waals surface area contributed by atoms with Gasteiger partial charge in [-0.3, -0.25) is 4.79 Å². The van der Waals surface area contributed by atoms with E-state index in [1.54, 1.807) is 0 Å². The number of rotatable bonds is 9. The molecule has 1 amide bonds. The Morgan fingerprint density at radius 2 is 2.14 bits per heavy atom. The SMILES string of the molecule is COc1c(C)c2c(c(O)c1C/C=C(\C)CCC(=O)NC(C=O)CS)C(=O)OC2. The largest absolute Gasteiger partial charge is 0.507 e. The molecule has 0 saturated heterocycles. The molecular formula is C20H25NO6S. The number of phenols is 1. The van der Waals surface area contributed by atoms with Crippen LogP contribution in [0.15, 0.2) is 11.6 Å². The van der Waals surface area contributed by atoms with Crippen molar-refractivity contribution in [1.29, 1.82) is 0 Å². The number of ether oxygens (including phenoxy) is 2. The fourth-order valence-corrected chi connectivity index (χ4v) is 3.30. The highest BCUT2D eigenvalue weighted by atomic mass is 32.1. The van der Waals surface area contributed by atoms with Gasteiger partial charge in [0.2, 0.25) is 5.91 Å². The normalized spacial score (nSPS) is 14.3. The third kappa shape index (κ3) is 4.67. The van der Waals surface area contributed by atoms with Gasteiger partial charge >= 0.3 is 5.97 Å². The van der Waals surface area contributed by atoms with Crippen LogP contribution in [0.25, 0.3) is 0 Å². The molecule has 1 atom stereocenters. The number of esters is 1. The van der Waals surface area contributed by atoms with Crippen molar-refractivity contribution in [3.63, 3.8) is 0 Å². The first-order chi connectivity index (χ1) is 13.3. The molecule has 1 aromatic carbocycles. The number of aldehydes is 1. The van der Waals surface area contributed by atoms with E-state index in [4.69, 9.17) is 9.47 Å². The van der Waals surface area contributed by atoms with Crippen LogP contribution in [-0.2, 0) is 27.4 Å². The van der Waals surface area contributed by atoms with Crippen LogP contribution < -0.4 is 10.1 Å². The van der Waals surface area contributed by atoms with Gasteiger partial charge in [0.25, 0.3) is 0 Å². The van der Waals surface area contributed by atoms with Gasteiger partial charge in [-0.05, 0) is 32.3 Å². The molecule has 8 heteroatoms. The zero-order chi connectivity index (χ0) is 20.8. The Hall–Kier alpha value is -2.48. The quantitative estimate of drug-likeness (QED) is 0.251. The number of amides is 1. The summed E-state index contributed by atoms with van der Waals surface area (Å²) in [5.41, 5.74) is 3.07. The number of hydrogen-bond acceptors (Lipinski definition) is 7. The van der Waals surface area contributed by atoms with Gasteiger partial charge in [-0.1, -0.05) is 11.6 Å². The number of carbonyl (C=O) groups is 3. The number of fused-ring (bicyclic) bond motifs is 1. The second-order valence-corrected chi connectivity index (χ2v) is 7.03. The zero-order valence-corrected chi connectivity index (χ0v) is 17.1. The maximum absolute atomic E-state index is 11.9. The maximum Gasteiger partial charge on any atom is 0.342 e. The first kappa shape index (κ1) is 21.8. The number of methoxy groups -OCH3 is 1. The van der Waals surface area contributed by atoms with E-state index < -0.39 is 12.0 Å². The van der Waals surface area contributed by atoms with Gasteiger partial charge in [0.15, 0.2) is 0 Å².